The zero-order valence-electron chi connectivity index (χ0n) is 16.9. The average Bonchev–Trinajstić information content (AvgIpc) is 2.64. The van der Waals surface area contributed by atoms with Crippen LogP contribution in [0.25, 0.3) is 0 Å². The number of esters is 1. The normalized spacial score (nSPS) is 11.3. The number of ether oxygens (including phenoxy) is 1. The maximum Gasteiger partial charge on any atom is 0.305 e. The van der Waals surface area contributed by atoms with Gasteiger partial charge in [0.2, 0.25) is 0 Å². The van der Waals surface area contributed by atoms with Gasteiger partial charge < -0.3 is 9.57 Å². The van der Waals surface area contributed by atoms with Crippen LogP contribution in [0.5, 0.6) is 0 Å². The molecular formula is C21H37NO5. The third-order valence-electron chi connectivity index (χ3n) is 4.11. The minimum absolute atomic E-state index is 0.0382. The van der Waals surface area contributed by atoms with E-state index in [1.807, 2.05) is 0 Å². The van der Waals surface area contributed by atoms with Gasteiger partial charge in [0, 0.05) is 12.8 Å². The Morgan fingerprint density at radius 1 is 0.852 bits per heavy atom. The van der Waals surface area contributed by atoms with Crippen LogP contribution in [0.2, 0.25) is 0 Å². The van der Waals surface area contributed by atoms with E-state index in [0.29, 0.717) is 12.8 Å². The Kier molecular flexibility index (Phi) is 19.1. The molecule has 27 heavy (non-hydrogen) atoms. The lowest BCUT2D eigenvalue weighted by molar-refractivity contribution is -0.757. The van der Waals surface area contributed by atoms with Crippen molar-refractivity contribution in [1.29, 1.82) is 0 Å². The lowest BCUT2D eigenvalue weighted by Crippen LogP contribution is -2.09. The fourth-order valence-electron chi connectivity index (χ4n) is 2.56. The first-order valence-corrected chi connectivity index (χ1v) is 10.4. The number of allylic oxidation sites excluding steroid dienone is 4. The Morgan fingerprint density at radius 2 is 1.44 bits per heavy atom. The highest BCUT2D eigenvalue weighted by molar-refractivity contribution is 5.69. The third-order valence-corrected chi connectivity index (χ3v) is 4.11. The van der Waals surface area contributed by atoms with Crippen molar-refractivity contribution in [3.8, 4) is 0 Å². The molecule has 0 bridgehead atoms. The predicted octanol–water partition coefficient (Wildman–Crippen LogP) is 5.94. The molecule has 156 valence electrons. The van der Waals surface area contributed by atoms with Crippen molar-refractivity contribution < 1.29 is 19.5 Å². The van der Waals surface area contributed by atoms with Crippen LogP contribution in [-0.2, 0) is 14.4 Å². The van der Waals surface area contributed by atoms with Crippen molar-refractivity contribution in [2.45, 2.75) is 90.4 Å². The van der Waals surface area contributed by atoms with Gasteiger partial charge in [0.05, 0.1) is 13.2 Å². The Labute approximate surface area is 164 Å². The molecule has 0 aliphatic rings. The zero-order valence-corrected chi connectivity index (χ0v) is 16.9. The van der Waals surface area contributed by atoms with Crippen LogP contribution in [-0.4, -0.2) is 24.3 Å². The van der Waals surface area contributed by atoms with Crippen LogP contribution in [0.15, 0.2) is 24.3 Å². The molecule has 0 saturated heterocycles. The van der Waals surface area contributed by atoms with Gasteiger partial charge in [-0.1, -0.05) is 69.8 Å². The van der Waals surface area contributed by atoms with Gasteiger partial charge in [-0.2, -0.15) is 0 Å². The summed E-state index contributed by atoms with van der Waals surface area (Å²) in [7, 11) is 0. The molecule has 6 heteroatoms. The molecule has 0 radical (unpaired) electrons. The minimum atomic E-state index is -0.843. The van der Waals surface area contributed by atoms with E-state index in [-0.39, 0.29) is 19.2 Å². The number of hydrogen-bond donors (Lipinski definition) is 0. The van der Waals surface area contributed by atoms with E-state index in [0.717, 1.165) is 25.7 Å². The Balaban J connectivity index is 3.29. The summed E-state index contributed by atoms with van der Waals surface area (Å²) in [6.07, 6.45) is 22.4. The van der Waals surface area contributed by atoms with Gasteiger partial charge >= 0.3 is 5.97 Å². The molecule has 0 unspecified atom stereocenters. The van der Waals surface area contributed by atoms with E-state index >= 15 is 0 Å². The average molecular weight is 384 g/mol. The summed E-state index contributed by atoms with van der Waals surface area (Å²) in [5.74, 6) is -0.236. The molecule has 0 spiro atoms. The summed E-state index contributed by atoms with van der Waals surface area (Å²) in [6.45, 7) is 2.37. The van der Waals surface area contributed by atoms with E-state index in [1.54, 1.807) is 0 Å². The van der Waals surface area contributed by atoms with Crippen molar-refractivity contribution in [3.63, 3.8) is 0 Å². The second-order valence-electron chi connectivity index (χ2n) is 6.64. The molecule has 0 aromatic heterocycles. The Hall–Kier alpha value is -1.85. The summed E-state index contributed by atoms with van der Waals surface area (Å²) in [6, 6.07) is 0. The van der Waals surface area contributed by atoms with Gasteiger partial charge in [-0.05, 0) is 32.1 Å². The van der Waals surface area contributed by atoms with Crippen LogP contribution in [0.3, 0.4) is 0 Å². The maximum absolute atomic E-state index is 11.5. The largest absolute Gasteiger partial charge is 0.466 e. The first kappa shape index (κ1) is 25.1. The molecule has 0 aliphatic carbocycles. The molecule has 0 aromatic rings. The predicted molar refractivity (Wildman–Crippen MR) is 108 cm³/mol. The molecule has 0 saturated carbocycles. The van der Waals surface area contributed by atoms with E-state index in [2.05, 4.69) is 36.1 Å². The van der Waals surface area contributed by atoms with E-state index < -0.39 is 5.09 Å². The molecule has 0 aliphatic heterocycles. The summed E-state index contributed by atoms with van der Waals surface area (Å²) in [5, 5.41) is 9.09. The van der Waals surface area contributed by atoms with Crippen LogP contribution in [0.1, 0.15) is 90.4 Å². The van der Waals surface area contributed by atoms with Crippen molar-refractivity contribution in [2.24, 2.45) is 0 Å². The molecule has 0 N–H and O–H groups in total. The van der Waals surface area contributed by atoms with Gasteiger partial charge in [0.15, 0.2) is 0 Å². The molecule has 0 fully saturated rings. The van der Waals surface area contributed by atoms with Gasteiger partial charge in [0.25, 0.3) is 5.09 Å². The molecule has 0 amide bonds. The maximum atomic E-state index is 11.5. The lowest BCUT2D eigenvalue weighted by Gasteiger charge is -2.04. The molecule has 0 heterocycles. The fourth-order valence-corrected chi connectivity index (χ4v) is 2.56. The summed E-state index contributed by atoms with van der Waals surface area (Å²) >= 11 is 0. The van der Waals surface area contributed by atoms with Gasteiger partial charge in [0.1, 0.15) is 0 Å². The van der Waals surface area contributed by atoms with Crippen LogP contribution in [0.4, 0.5) is 0 Å². The summed E-state index contributed by atoms with van der Waals surface area (Å²) < 4.78 is 4.99. The molecule has 0 aromatic carbocycles. The molecule has 6 nitrogen and oxygen atoms in total. The van der Waals surface area contributed by atoms with E-state index in [9.17, 15) is 14.9 Å². The first-order valence-electron chi connectivity index (χ1n) is 10.4. The number of carbonyl (C=O) groups is 1. The van der Waals surface area contributed by atoms with E-state index in [4.69, 9.17) is 4.74 Å². The highest BCUT2D eigenvalue weighted by Gasteiger charge is 2.03. The molecule has 0 atom stereocenters. The first-order chi connectivity index (χ1) is 13.2. The number of nitrogens with zero attached hydrogens (tertiary/aromatic N) is 1. The summed E-state index contributed by atoms with van der Waals surface area (Å²) in [4.78, 5) is 25.5. The third kappa shape index (κ3) is 22.1. The Bertz CT molecular complexity index is 421. The standard InChI is InChI=1S/C21H37NO5/c1-2-3-4-5-6-7-8-9-10-11-12-13-14-15-16-18-21(23)26-19-17-20-27-22(24)25/h7-10H,2-6,11-20H2,1H3/b8-7+,10-9-. The smallest absolute Gasteiger partial charge is 0.305 e. The summed E-state index contributed by atoms with van der Waals surface area (Å²) in [5.41, 5.74) is 0. The monoisotopic (exact) mass is 383 g/mol. The van der Waals surface area contributed by atoms with E-state index in [1.165, 1.54) is 44.9 Å². The number of hydrogen-bond acceptors (Lipinski definition) is 5. The quantitative estimate of drug-likeness (QED) is 0.0906. The second-order valence-corrected chi connectivity index (χ2v) is 6.64. The van der Waals surface area contributed by atoms with Crippen LogP contribution >= 0.6 is 0 Å². The fraction of sp³-hybridized carbons (Fsp3) is 0.762. The van der Waals surface area contributed by atoms with Crippen molar-refractivity contribution in [2.75, 3.05) is 13.2 Å². The number of carbonyl (C=O) groups excluding carboxylic acids is 1. The number of unbranched alkanes of at least 4 members (excludes halogenated alkanes) is 9. The van der Waals surface area contributed by atoms with Gasteiger partial charge in [-0.3, -0.25) is 4.79 Å². The van der Waals surface area contributed by atoms with Gasteiger partial charge in [-0.15, -0.1) is 10.1 Å². The SMILES string of the molecule is CCCCCC/C=C/C=C\CCCCCCCC(=O)OCCCO[N+](=O)[O-]. The van der Waals surface area contributed by atoms with Crippen LogP contribution < -0.4 is 0 Å². The highest BCUT2D eigenvalue weighted by atomic mass is 16.9. The Morgan fingerprint density at radius 3 is 2.07 bits per heavy atom. The lowest BCUT2D eigenvalue weighted by atomic mass is 10.1. The van der Waals surface area contributed by atoms with Crippen molar-refractivity contribution in [3.05, 3.63) is 34.4 Å². The molecular weight excluding hydrogens is 346 g/mol. The van der Waals surface area contributed by atoms with Crippen molar-refractivity contribution in [1.82, 2.24) is 0 Å². The van der Waals surface area contributed by atoms with Crippen molar-refractivity contribution >= 4 is 5.97 Å². The number of rotatable bonds is 19. The van der Waals surface area contributed by atoms with Crippen LogP contribution in [0, 0.1) is 10.1 Å². The topological polar surface area (TPSA) is 78.7 Å². The minimum Gasteiger partial charge on any atom is -0.466 e. The molecule has 0 rings (SSSR count). The second kappa shape index (κ2) is 20.5. The van der Waals surface area contributed by atoms with Gasteiger partial charge in [-0.25, -0.2) is 0 Å². The zero-order chi connectivity index (χ0) is 20.0. The highest BCUT2D eigenvalue weighted by Crippen LogP contribution is 2.08.